The molecule has 0 aliphatic rings. The molecule has 0 N–H and O–H groups in total. The van der Waals surface area contributed by atoms with Crippen molar-refractivity contribution >= 4 is 11.6 Å². The summed E-state index contributed by atoms with van der Waals surface area (Å²) >= 11 is 0. The van der Waals surface area contributed by atoms with E-state index in [2.05, 4.69) is 0 Å². The zero-order valence-corrected chi connectivity index (χ0v) is 9.26. The van der Waals surface area contributed by atoms with Crippen molar-refractivity contribution in [3.05, 3.63) is 0 Å². The largest absolute Gasteiger partial charge is 0.291 e. The SMILES string of the molecule is CC(C)CC(=O)C(=O)C(C)C(C)C. The van der Waals surface area contributed by atoms with Crippen molar-refractivity contribution in [2.75, 3.05) is 0 Å². The maximum absolute atomic E-state index is 11.5. The summed E-state index contributed by atoms with van der Waals surface area (Å²) in [7, 11) is 0. The molecule has 0 aromatic carbocycles. The first-order valence-electron chi connectivity index (χ1n) is 4.93. The quantitative estimate of drug-likeness (QED) is 0.615. The summed E-state index contributed by atoms with van der Waals surface area (Å²) in [4.78, 5) is 22.8. The summed E-state index contributed by atoms with van der Waals surface area (Å²) in [6.45, 7) is 9.65. The first-order valence-corrected chi connectivity index (χ1v) is 4.93. The van der Waals surface area contributed by atoms with E-state index in [9.17, 15) is 9.59 Å². The minimum absolute atomic E-state index is 0.133. The van der Waals surface area contributed by atoms with Gasteiger partial charge in [0.05, 0.1) is 0 Å². The number of carbonyl (C=O) groups excluding carboxylic acids is 2. The lowest BCUT2D eigenvalue weighted by molar-refractivity contribution is -0.139. The van der Waals surface area contributed by atoms with E-state index < -0.39 is 0 Å². The van der Waals surface area contributed by atoms with E-state index in [-0.39, 0.29) is 29.3 Å². The third-order valence-corrected chi connectivity index (χ3v) is 2.28. The average Bonchev–Trinajstić information content (AvgIpc) is 2.00. The monoisotopic (exact) mass is 184 g/mol. The zero-order valence-electron chi connectivity index (χ0n) is 9.26. The molecule has 0 bridgehead atoms. The minimum atomic E-state index is -0.212. The van der Waals surface area contributed by atoms with Crippen LogP contribution in [0.2, 0.25) is 0 Å². The Morgan fingerprint density at radius 3 is 1.77 bits per heavy atom. The highest BCUT2D eigenvalue weighted by Crippen LogP contribution is 2.13. The van der Waals surface area contributed by atoms with Gasteiger partial charge in [-0.25, -0.2) is 0 Å². The van der Waals surface area contributed by atoms with Crippen LogP contribution >= 0.6 is 0 Å². The van der Waals surface area contributed by atoms with Gasteiger partial charge in [-0.3, -0.25) is 9.59 Å². The van der Waals surface area contributed by atoms with Crippen LogP contribution in [0.5, 0.6) is 0 Å². The molecule has 0 aromatic heterocycles. The Morgan fingerprint density at radius 1 is 1.00 bits per heavy atom. The van der Waals surface area contributed by atoms with Crippen molar-refractivity contribution in [3.8, 4) is 0 Å². The van der Waals surface area contributed by atoms with E-state index in [1.165, 1.54) is 0 Å². The molecule has 2 heteroatoms. The standard InChI is InChI=1S/C11H20O2/c1-7(2)6-10(12)11(13)9(5)8(3)4/h7-9H,6H2,1-5H3. The van der Waals surface area contributed by atoms with Crippen LogP contribution in [0.15, 0.2) is 0 Å². The fraction of sp³-hybridized carbons (Fsp3) is 0.818. The fourth-order valence-electron chi connectivity index (χ4n) is 1.03. The predicted octanol–water partition coefficient (Wildman–Crippen LogP) is 2.46. The summed E-state index contributed by atoms with van der Waals surface area (Å²) in [5, 5.41) is 0. The molecule has 0 aromatic rings. The average molecular weight is 184 g/mol. The van der Waals surface area contributed by atoms with Crippen molar-refractivity contribution in [1.29, 1.82) is 0 Å². The third kappa shape index (κ3) is 4.20. The van der Waals surface area contributed by atoms with Crippen LogP contribution in [0.1, 0.15) is 41.0 Å². The van der Waals surface area contributed by atoms with E-state index in [0.29, 0.717) is 6.42 Å². The van der Waals surface area contributed by atoms with E-state index >= 15 is 0 Å². The Bertz CT molecular complexity index is 192. The smallest absolute Gasteiger partial charge is 0.201 e. The molecule has 0 rings (SSSR count). The van der Waals surface area contributed by atoms with Gasteiger partial charge in [0.25, 0.3) is 0 Å². The second-order valence-electron chi connectivity index (χ2n) is 4.42. The van der Waals surface area contributed by atoms with E-state index in [0.717, 1.165) is 0 Å². The number of hydrogen-bond donors (Lipinski definition) is 0. The van der Waals surface area contributed by atoms with Crippen LogP contribution in [0.3, 0.4) is 0 Å². The van der Waals surface area contributed by atoms with E-state index in [1.54, 1.807) is 0 Å². The van der Waals surface area contributed by atoms with Gasteiger partial charge in [-0.1, -0.05) is 34.6 Å². The highest BCUT2D eigenvalue weighted by atomic mass is 16.2. The van der Waals surface area contributed by atoms with Crippen molar-refractivity contribution in [2.24, 2.45) is 17.8 Å². The summed E-state index contributed by atoms with van der Waals surface area (Å²) < 4.78 is 0. The van der Waals surface area contributed by atoms with Crippen LogP contribution in [0.4, 0.5) is 0 Å². The van der Waals surface area contributed by atoms with Crippen molar-refractivity contribution in [1.82, 2.24) is 0 Å². The molecule has 0 aliphatic heterocycles. The van der Waals surface area contributed by atoms with Gasteiger partial charge in [-0.15, -0.1) is 0 Å². The molecule has 0 fully saturated rings. The van der Waals surface area contributed by atoms with E-state index in [4.69, 9.17) is 0 Å². The summed E-state index contributed by atoms with van der Waals surface area (Å²) in [6.07, 6.45) is 0.385. The lowest BCUT2D eigenvalue weighted by atomic mass is 9.89. The number of carbonyl (C=O) groups is 2. The second-order valence-corrected chi connectivity index (χ2v) is 4.42. The van der Waals surface area contributed by atoms with Crippen LogP contribution < -0.4 is 0 Å². The van der Waals surface area contributed by atoms with Crippen LogP contribution in [-0.4, -0.2) is 11.6 Å². The normalized spacial score (nSPS) is 13.5. The lowest BCUT2D eigenvalue weighted by Crippen LogP contribution is -2.26. The Morgan fingerprint density at radius 2 is 1.46 bits per heavy atom. The molecule has 1 unspecified atom stereocenters. The second kappa shape index (κ2) is 5.15. The van der Waals surface area contributed by atoms with Gasteiger partial charge in [0.15, 0.2) is 5.78 Å². The molecular weight excluding hydrogens is 164 g/mol. The minimum Gasteiger partial charge on any atom is -0.291 e. The molecule has 0 spiro atoms. The molecule has 0 radical (unpaired) electrons. The zero-order chi connectivity index (χ0) is 10.6. The summed E-state index contributed by atoms with van der Waals surface area (Å²) in [5.74, 6) is -0.0226. The number of hydrogen-bond acceptors (Lipinski definition) is 2. The Balaban J connectivity index is 4.18. The maximum Gasteiger partial charge on any atom is 0.201 e. The topological polar surface area (TPSA) is 34.1 Å². The number of ketones is 2. The Hall–Kier alpha value is -0.660. The highest BCUT2D eigenvalue weighted by Gasteiger charge is 2.23. The predicted molar refractivity (Wildman–Crippen MR) is 53.5 cm³/mol. The van der Waals surface area contributed by atoms with Gasteiger partial charge < -0.3 is 0 Å². The molecule has 76 valence electrons. The molecule has 0 saturated heterocycles. The van der Waals surface area contributed by atoms with Crippen LogP contribution in [-0.2, 0) is 9.59 Å². The van der Waals surface area contributed by atoms with Gasteiger partial charge in [-0.2, -0.15) is 0 Å². The Labute approximate surface area is 80.7 Å². The molecule has 0 saturated carbocycles. The molecule has 0 heterocycles. The molecule has 0 amide bonds. The van der Waals surface area contributed by atoms with Gasteiger partial charge in [-0.05, 0) is 11.8 Å². The first-order chi connectivity index (χ1) is 5.86. The molecule has 1 atom stereocenters. The van der Waals surface area contributed by atoms with Gasteiger partial charge >= 0.3 is 0 Å². The molecule has 13 heavy (non-hydrogen) atoms. The van der Waals surface area contributed by atoms with Crippen LogP contribution in [0, 0.1) is 17.8 Å². The Kier molecular flexibility index (Phi) is 4.89. The molecular formula is C11H20O2. The molecule has 0 aliphatic carbocycles. The third-order valence-electron chi connectivity index (χ3n) is 2.28. The van der Waals surface area contributed by atoms with E-state index in [1.807, 2.05) is 34.6 Å². The maximum atomic E-state index is 11.5. The highest BCUT2D eigenvalue weighted by molar-refractivity contribution is 6.37. The number of Topliss-reactive ketones (excluding diaryl/α,β-unsaturated/α-hetero) is 2. The lowest BCUT2D eigenvalue weighted by Gasteiger charge is -2.13. The first kappa shape index (κ1) is 12.3. The van der Waals surface area contributed by atoms with Crippen molar-refractivity contribution in [2.45, 2.75) is 41.0 Å². The summed E-state index contributed by atoms with van der Waals surface area (Å²) in [5.41, 5.74) is 0. The molecule has 2 nitrogen and oxygen atoms in total. The number of rotatable bonds is 5. The van der Waals surface area contributed by atoms with Crippen LogP contribution in [0.25, 0.3) is 0 Å². The van der Waals surface area contributed by atoms with Crippen molar-refractivity contribution in [3.63, 3.8) is 0 Å². The fourth-order valence-corrected chi connectivity index (χ4v) is 1.03. The van der Waals surface area contributed by atoms with Gasteiger partial charge in [0.1, 0.15) is 0 Å². The summed E-state index contributed by atoms with van der Waals surface area (Å²) in [6, 6.07) is 0. The van der Waals surface area contributed by atoms with Crippen molar-refractivity contribution < 1.29 is 9.59 Å². The van der Waals surface area contributed by atoms with Gasteiger partial charge in [0, 0.05) is 12.3 Å². The van der Waals surface area contributed by atoms with Gasteiger partial charge in [0.2, 0.25) is 5.78 Å².